The second-order valence-electron chi connectivity index (χ2n) is 9.85. The number of halogens is 1. The summed E-state index contributed by atoms with van der Waals surface area (Å²) in [5.74, 6) is -0.106. The number of nitrogens with one attached hydrogen (secondary N) is 1. The number of hydrogen-bond acceptors (Lipinski definition) is 6. The molecule has 0 aliphatic heterocycles. The Bertz CT molecular complexity index is 1460. The maximum atomic E-state index is 14.0. The van der Waals surface area contributed by atoms with Crippen molar-refractivity contribution >= 4 is 39.1 Å². The van der Waals surface area contributed by atoms with E-state index in [1.807, 2.05) is 20.8 Å². The van der Waals surface area contributed by atoms with Gasteiger partial charge in [0.2, 0.25) is 11.8 Å². The number of amides is 2. The molecule has 0 aromatic heterocycles. The molecule has 0 heterocycles. The van der Waals surface area contributed by atoms with Crippen LogP contribution in [-0.4, -0.2) is 58.0 Å². The van der Waals surface area contributed by atoms with Crippen LogP contribution in [0.3, 0.4) is 0 Å². The zero-order valence-electron chi connectivity index (χ0n) is 24.0. The molecule has 0 fully saturated rings. The number of ether oxygens (including phenoxy) is 2. The summed E-state index contributed by atoms with van der Waals surface area (Å²) in [7, 11) is -1.31. The Kier molecular flexibility index (Phi) is 10.6. The molecule has 0 saturated heterocycles. The first kappa shape index (κ1) is 31.8. The second-order valence-corrected chi connectivity index (χ2v) is 12.1. The van der Waals surface area contributed by atoms with Crippen molar-refractivity contribution in [1.29, 1.82) is 0 Å². The third kappa shape index (κ3) is 7.92. The molecule has 220 valence electrons. The van der Waals surface area contributed by atoms with E-state index in [0.717, 1.165) is 15.4 Å². The largest absolute Gasteiger partial charge is 0.497 e. The Morgan fingerprint density at radius 1 is 0.927 bits per heavy atom. The first-order valence-corrected chi connectivity index (χ1v) is 14.8. The highest BCUT2D eigenvalue weighted by molar-refractivity contribution is 7.92. The molecule has 2 amide bonds. The smallest absolute Gasteiger partial charge is 0.264 e. The first-order valence-electron chi connectivity index (χ1n) is 13.0. The van der Waals surface area contributed by atoms with E-state index >= 15 is 0 Å². The zero-order valence-corrected chi connectivity index (χ0v) is 25.6. The van der Waals surface area contributed by atoms with E-state index in [9.17, 15) is 18.0 Å². The maximum Gasteiger partial charge on any atom is 0.264 e. The predicted molar refractivity (Wildman–Crippen MR) is 160 cm³/mol. The third-order valence-electron chi connectivity index (χ3n) is 6.41. The van der Waals surface area contributed by atoms with Gasteiger partial charge >= 0.3 is 0 Å². The Morgan fingerprint density at radius 2 is 1.56 bits per heavy atom. The van der Waals surface area contributed by atoms with Crippen molar-refractivity contribution in [2.45, 2.75) is 51.2 Å². The molecule has 0 aliphatic carbocycles. The maximum absolute atomic E-state index is 14.0. The van der Waals surface area contributed by atoms with E-state index in [2.05, 4.69) is 5.32 Å². The molecule has 3 rings (SSSR count). The van der Waals surface area contributed by atoms with Crippen LogP contribution in [0.25, 0.3) is 0 Å². The highest BCUT2D eigenvalue weighted by atomic mass is 35.5. The standard InChI is InChI=1S/C30H36ClN3O6S/c1-20(2)32-30(36)22(4)33(18-23-9-12-25(39-5)13-10-23)29(35)19-34(27-17-24(31)11-16-28(27)40-6)41(37,38)26-14-7-21(3)8-15-26/h7-17,20,22H,18-19H2,1-6H3,(H,32,36)/t22-/m1/s1. The molecule has 0 bridgehead atoms. The minimum Gasteiger partial charge on any atom is -0.497 e. The number of aryl methyl sites for hydroxylation is 1. The fourth-order valence-electron chi connectivity index (χ4n) is 4.12. The lowest BCUT2D eigenvalue weighted by molar-refractivity contribution is -0.139. The van der Waals surface area contributed by atoms with Crippen LogP contribution in [0.1, 0.15) is 31.9 Å². The van der Waals surface area contributed by atoms with Crippen molar-refractivity contribution in [3.8, 4) is 11.5 Å². The van der Waals surface area contributed by atoms with Gasteiger partial charge in [0.25, 0.3) is 10.0 Å². The molecule has 0 radical (unpaired) electrons. The van der Waals surface area contributed by atoms with Crippen molar-refractivity contribution in [1.82, 2.24) is 10.2 Å². The van der Waals surface area contributed by atoms with Gasteiger partial charge in [-0.15, -0.1) is 0 Å². The number of methoxy groups -OCH3 is 2. The summed E-state index contributed by atoms with van der Waals surface area (Å²) in [5.41, 5.74) is 1.71. The van der Waals surface area contributed by atoms with Crippen molar-refractivity contribution in [2.24, 2.45) is 0 Å². The van der Waals surface area contributed by atoms with E-state index in [-0.39, 0.29) is 39.8 Å². The fraction of sp³-hybridized carbons (Fsp3) is 0.333. The van der Waals surface area contributed by atoms with Gasteiger partial charge in [-0.3, -0.25) is 13.9 Å². The van der Waals surface area contributed by atoms with Crippen LogP contribution < -0.4 is 19.1 Å². The lowest BCUT2D eigenvalue weighted by Gasteiger charge is -2.32. The van der Waals surface area contributed by atoms with Crippen molar-refractivity contribution in [3.63, 3.8) is 0 Å². The van der Waals surface area contributed by atoms with Gasteiger partial charge in [0.1, 0.15) is 24.1 Å². The highest BCUT2D eigenvalue weighted by Gasteiger charge is 2.34. The summed E-state index contributed by atoms with van der Waals surface area (Å²) in [6.45, 7) is 6.54. The van der Waals surface area contributed by atoms with Gasteiger partial charge in [-0.05, 0) is 75.7 Å². The van der Waals surface area contributed by atoms with Crippen LogP contribution in [0.4, 0.5) is 5.69 Å². The molecule has 0 spiro atoms. The number of sulfonamides is 1. The summed E-state index contributed by atoms with van der Waals surface area (Å²) in [6.07, 6.45) is 0. The molecule has 3 aromatic carbocycles. The number of carbonyl (C=O) groups excluding carboxylic acids is 2. The van der Waals surface area contributed by atoms with Crippen LogP contribution in [0.15, 0.2) is 71.6 Å². The average molecular weight is 602 g/mol. The number of benzene rings is 3. The van der Waals surface area contributed by atoms with Gasteiger partial charge < -0.3 is 19.7 Å². The van der Waals surface area contributed by atoms with Crippen LogP contribution in [-0.2, 0) is 26.2 Å². The van der Waals surface area contributed by atoms with Gasteiger partial charge in [-0.1, -0.05) is 41.4 Å². The van der Waals surface area contributed by atoms with Crippen molar-refractivity contribution in [2.75, 3.05) is 25.1 Å². The monoisotopic (exact) mass is 601 g/mol. The molecule has 9 nitrogen and oxygen atoms in total. The van der Waals surface area contributed by atoms with Crippen LogP contribution in [0.2, 0.25) is 5.02 Å². The quantitative estimate of drug-likeness (QED) is 0.320. The van der Waals surface area contributed by atoms with Gasteiger partial charge in [-0.25, -0.2) is 8.42 Å². The lowest BCUT2D eigenvalue weighted by atomic mass is 10.1. The lowest BCUT2D eigenvalue weighted by Crippen LogP contribution is -2.52. The predicted octanol–water partition coefficient (Wildman–Crippen LogP) is 4.80. The van der Waals surface area contributed by atoms with Crippen LogP contribution >= 0.6 is 11.6 Å². The van der Waals surface area contributed by atoms with Gasteiger partial charge in [0.05, 0.1) is 24.8 Å². The van der Waals surface area contributed by atoms with Crippen molar-refractivity contribution in [3.05, 3.63) is 82.9 Å². The number of rotatable bonds is 12. The minimum atomic E-state index is -4.27. The topological polar surface area (TPSA) is 105 Å². The number of hydrogen-bond donors (Lipinski definition) is 1. The molecule has 0 aliphatic rings. The summed E-state index contributed by atoms with van der Waals surface area (Å²) >= 11 is 6.27. The van der Waals surface area contributed by atoms with E-state index in [4.69, 9.17) is 21.1 Å². The molecular weight excluding hydrogens is 566 g/mol. The summed E-state index contributed by atoms with van der Waals surface area (Å²) in [6, 6.07) is 16.9. The summed E-state index contributed by atoms with van der Waals surface area (Å²) in [5, 5.41) is 3.09. The molecule has 0 unspecified atom stereocenters. The number of anilines is 1. The highest BCUT2D eigenvalue weighted by Crippen LogP contribution is 2.35. The molecule has 41 heavy (non-hydrogen) atoms. The van der Waals surface area contributed by atoms with Gasteiger partial charge in [0.15, 0.2) is 0 Å². The van der Waals surface area contributed by atoms with E-state index in [1.54, 1.807) is 56.5 Å². The first-order chi connectivity index (χ1) is 19.4. The van der Waals surface area contributed by atoms with Crippen LogP contribution in [0.5, 0.6) is 11.5 Å². The Balaban J connectivity index is 2.09. The number of nitrogens with zero attached hydrogens (tertiary/aromatic N) is 2. The van der Waals surface area contributed by atoms with Gasteiger partial charge in [-0.2, -0.15) is 0 Å². The molecule has 11 heteroatoms. The summed E-state index contributed by atoms with van der Waals surface area (Å²) in [4.78, 5) is 28.4. The molecule has 1 atom stereocenters. The third-order valence-corrected chi connectivity index (χ3v) is 8.42. The summed E-state index contributed by atoms with van der Waals surface area (Å²) < 4.78 is 39.7. The fourth-order valence-corrected chi connectivity index (χ4v) is 5.71. The Labute approximate surface area is 247 Å². The van der Waals surface area contributed by atoms with E-state index < -0.39 is 28.5 Å². The van der Waals surface area contributed by atoms with E-state index in [0.29, 0.717) is 5.75 Å². The average Bonchev–Trinajstić information content (AvgIpc) is 2.94. The Morgan fingerprint density at radius 3 is 2.12 bits per heavy atom. The van der Waals surface area contributed by atoms with Gasteiger partial charge in [0, 0.05) is 17.6 Å². The van der Waals surface area contributed by atoms with Crippen LogP contribution in [0, 0.1) is 6.92 Å². The Hall–Kier alpha value is -3.76. The second kappa shape index (κ2) is 13.7. The zero-order chi connectivity index (χ0) is 30.3. The molecule has 0 saturated carbocycles. The minimum absolute atomic E-state index is 0.00904. The number of carbonyl (C=O) groups is 2. The molecule has 1 N–H and O–H groups in total. The normalized spacial score (nSPS) is 12.0. The van der Waals surface area contributed by atoms with Crippen molar-refractivity contribution < 1.29 is 27.5 Å². The molecular formula is C30H36ClN3O6S. The molecule has 3 aromatic rings. The van der Waals surface area contributed by atoms with E-state index in [1.165, 1.54) is 36.3 Å². The SMILES string of the molecule is COc1ccc(CN(C(=O)CN(c2cc(Cl)ccc2OC)S(=O)(=O)c2ccc(C)cc2)[C@H](C)C(=O)NC(C)C)cc1.